The first-order valence-electron chi connectivity index (χ1n) is 12.7. The third kappa shape index (κ3) is 4.16. The van der Waals surface area contributed by atoms with E-state index in [1.165, 1.54) is 17.5 Å². The van der Waals surface area contributed by atoms with Gasteiger partial charge in [-0.1, -0.05) is 18.6 Å². The average Bonchev–Trinajstić information content (AvgIpc) is 3.45. The molecular formula is C29H27N3O6S. The van der Waals surface area contributed by atoms with Crippen LogP contribution in [0, 0.1) is 0 Å². The highest BCUT2D eigenvalue weighted by Crippen LogP contribution is 2.40. The normalized spacial score (nSPS) is 17.0. The monoisotopic (exact) mass is 545 g/mol. The Labute approximate surface area is 226 Å². The molecular weight excluding hydrogens is 518 g/mol. The molecule has 0 saturated carbocycles. The van der Waals surface area contributed by atoms with E-state index in [1.807, 2.05) is 29.9 Å². The van der Waals surface area contributed by atoms with Crippen molar-refractivity contribution in [3.8, 4) is 28.4 Å². The predicted molar refractivity (Wildman–Crippen MR) is 146 cm³/mol. The van der Waals surface area contributed by atoms with Crippen LogP contribution in [0.4, 0.5) is 0 Å². The number of Topliss-reactive ketones (excluding diaryl/α,β-unsaturated/α-hetero) is 1. The highest BCUT2D eigenvalue weighted by atomic mass is 32.2. The van der Waals surface area contributed by atoms with Gasteiger partial charge in [-0.25, -0.2) is 13.4 Å². The van der Waals surface area contributed by atoms with Crippen molar-refractivity contribution in [1.82, 2.24) is 13.9 Å². The number of aromatic hydroxyl groups is 1. The number of piperidine rings is 1. The van der Waals surface area contributed by atoms with Crippen molar-refractivity contribution >= 4 is 32.9 Å². The Morgan fingerprint density at radius 1 is 1.10 bits per heavy atom. The summed E-state index contributed by atoms with van der Waals surface area (Å²) >= 11 is 0. The molecule has 2 aliphatic rings. The molecule has 1 saturated heterocycles. The van der Waals surface area contributed by atoms with Gasteiger partial charge in [-0.2, -0.15) is 4.31 Å². The number of sulfonamides is 1. The number of carbonyl (C=O) groups is 1. The van der Waals surface area contributed by atoms with Gasteiger partial charge in [0.15, 0.2) is 5.76 Å². The van der Waals surface area contributed by atoms with Crippen LogP contribution in [-0.2, 0) is 17.1 Å². The van der Waals surface area contributed by atoms with Crippen molar-refractivity contribution < 1.29 is 27.8 Å². The summed E-state index contributed by atoms with van der Waals surface area (Å²) in [5, 5.41) is 10.9. The molecule has 10 heteroatoms. The number of nitrogens with zero attached hydrogens (tertiary/aromatic N) is 3. The van der Waals surface area contributed by atoms with Gasteiger partial charge in [-0.05, 0) is 60.4 Å². The van der Waals surface area contributed by atoms with Gasteiger partial charge in [0, 0.05) is 43.5 Å². The van der Waals surface area contributed by atoms with Gasteiger partial charge in [-0.3, -0.25) is 4.79 Å². The van der Waals surface area contributed by atoms with Gasteiger partial charge in [0.2, 0.25) is 15.8 Å². The molecule has 2 aromatic heterocycles. The van der Waals surface area contributed by atoms with Crippen molar-refractivity contribution in [2.45, 2.75) is 24.2 Å². The summed E-state index contributed by atoms with van der Waals surface area (Å²) in [6.45, 7) is 0.967. The van der Waals surface area contributed by atoms with Crippen LogP contribution >= 0.6 is 0 Å². The number of benzene rings is 2. The van der Waals surface area contributed by atoms with Crippen LogP contribution in [0.5, 0.6) is 17.2 Å². The van der Waals surface area contributed by atoms with Crippen LogP contribution in [0.25, 0.3) is 28.2 Å². The molecule has 1 N–H and O–H groups in total. The minimum absolute atomic E-state index is 0.0805. The number of ether oxygens (including phenoxy) is 2. The Kier molecular flexibility index (Phi) is 6.16. The molecule has 0 radical (unpaired) electrons. The summed E-state index contributed by atoms with van der Waals surface area (Å²) in [5.41, 5.74) is 2.87. The number of carbonyl (C=O) groups excluding carboxylic acids is 1. The number of phenols is 1. The zero-order valence-corrected chi connectivity index (χ0v) is 22.4. The molecule has 1 fully saturated rings. The Bertz CT molecular complexity index is 1770. The fourth-order valence-electron chi connectivity index (χ4n) is 5.33. The van der Waals surface area contributed by atoms with E-state index in [0.29, 0.717) is 35.6 Å². The maximum absolute atomic E-state index is 13.6. The van der Waals surface area contributed by atoms with Crippen molar-refractivity contribution in [3.63, 3.8) is 0 Å². The molecule has 0 amide bonds. The largest absolute Gasteiger partial charge is 0.507 e. The zero-order valence-electron chi connectivity index (χ0n) is 21.5. The highest BCUT2D eigenvalue weighted by Gasteiger charge is 2.32. The number of ketones is 1. The molecule has 4 aromatic rings. The molecule has 0 atom stereocenters. The molecule has 0 spiro atoms. The van der Waals surface area contributed by atoms with Gasteiger partial charge in [-0.15, -0.1) is 0 Å². The van der Waals surface area contributed by atoms with Crippen LogP contribution in [0.1, 0.15) is 35.2 Å². The standard InChI is InChI=1S/C29H27N3O6S/c1-31-17-19(15-24-28(34)27-21(33)7-6-8-23(27)38-24)26-20(11-12-30-29(26)31)18-9-10-22(37-2)25(16-18)39(35,36)32-13-4-3-5-14-32/h6-12,15-17,33H,3-5,13-14H2,1-2H3. The van der Waals surface area contributed by atoms with Crippen LogP contribution in [0.2, 0.25) is 0 Å². The molecule has 6 rings (SSSR count). The first-order valence-corrected chi connectivity index (χ1v) is 14.1. The maximum Gasteiger partial charge on any atom is 0.246 e. The summed E-state index contributed by atoms with van der Waals surface area (Å²) in [6, 6.07) is 11.6. The van der Waals surface area contributed by atoms with Crippen LogP contribution in [0.15, 0.2) is 65.5 Å². The van der Waals surface area contributed by atoms with E-state index in [-0.39, 0.29) is 27.7 Å². The lowest BCUT2D eigenvalue weighted by molar-refractivity contribution is 0.101. The number of hydrogen-bond acceptors (Lipinski definition) is 7. The van der Waals surface area contributed by atoms with E-state index < -0.39 is 15.8 Å². The van der Waals surface area contributed by atoms with Crippen LogP contribution < -0.4 is 9.47 Å². The summed E-state index contributed by atoms with van der Waals surface area (Å²) in [6.07, 6.45) is 7.81. The van der Waals surface area contributed by atoms with Gasteiger partial charge >= 0.3 is 0 Å². The number of rotatable bonds is 5. The van der Waals surface area contributed by atoms with Crippen LogP contribution in [0.3, 0.4) is 0 Å². The molecule has 2 aromatic carbocycles. The van der Waals surface area contributed by atoms with E-state index in [9.17, 15) is 18.3 Å². The van der Waals surface area contributed by atoms with Crippen LogP contribution in [-0.4, -0.2) is 53.4 Å². The summed E-state index contributed by atoms with van der Waals surface area (Å²) in [4.78, 5) is 17.7. The lowest BCUT2D eigenvalue weighted by Gasteiger charge is -2.26. The van der Waals surface area contributed by atoms with E-state index >= 15 is 0 Å². The molecule has 200 valence electrons. The number of aryl methyl sites for hydroxylation is 1. The lowest BCUT2D eigenvalue weighted by Crippen LogP contribution is -2.35. The molecule has 0 aliphatic carbocycles. The summed E-state index contributed by atoms with van der Waals surface area (Å²) in [5.74, 6) is 0.115. The average molecular weight is 546 g/mol. The third-order valence-corrected chi connectivity index (χ3v) is 9.18. The molecule has 2 aliphatic heterocycles. The third-order valence-electron chi connectivity index (χ3n) is 7.26. The quantitative estimate of drug-likeness (QED) is 0.361. The van der Waals surface area contributed by atoms with Gasteiger partial charge < -0.3 is 19.1 Å². The number of pyridine rings is 1. The topological polar surface area (TPSA) is 111 Å². The van der Waals surface area contributed by atoms with E-state index in [0.717, 1.165) is 30.2 Å². The predicted octanol–water partition coefficient (Wildman–Crippen LogP) is 4.75. The molecule has 0 unspecified atom stereocenters. The lowest BCUT2D eigenvalue weighted by atomic mass is 10.0. The molecule has 39 heavy (non-hydrogen) atoms. The number of aromatic nitrogens is 2. The van der Waals surface area contributed by atoms with E-state index in [4.69, 9.17) is 9.47 Å². The smallest absolute Gasteiger partial charge is 0.246 e. The van der Waals surface area contributed by atoms with Gasteiger partial charge in [0.25, 0.3) is 0 Å². The Morgan fingerprint density at radius 3 is 2.64 bits per heavy atom. The summed E-state index contributed by atoms with van der Waals surface area (Å²) in [7, 11) is -0.457. The minimum atomic E-state index is -3.77. The fourth-order valence-corrected chi connectivity index (χ4v) is 7.03. The Morgan fingerprint density at radius 2 is 1.90 bits per heavy atom. The van der Waals surface area contributed by atoms with Gasteiger partial charge in [0.05, 0.1) is 7.11 Å². The second-order valence-electron chi connectivity index (χ2n) is 9.67. The Balaban J connectivity index is 1.49. The molecule has 4 heterocycles. The first kappa shape index (κ1) is 25.1. The number of allylic oxidation sites excluding steroid dienone is 1. The highest BCUT2D eigenvalue weighted by molar-refractivity contribution is 7.89. The second kappa shape index (κ2) is 9.55. The SMILES string of the molecule is COc1ccc(-c2ccnc3c2c(C=C2Oc4cccc(O)c4C2=O)cn3C)cc1S(=O)(=O)N1CCCCC1. The molecule has 0 bridgehead atoms. The zero-order chi connectivity index (χ0) is 27.3. The van der Waals surface area contributed by atoms with Crippen molar-refractivity contribution in [2.24, 2.45) is 7.05 Å². The minimum Gasteiger partial charge on any atom is -0.507 e. The van der Waals surface area contributed by atoms with Crippen molar-refractivity contribution in [3.05, 3.63) is 71.7 Å². The van der Waals surface area contributed by atoms with E-state index in [1.54, 1.807) is 36.5 Å². The number of fused-ring (bicyclic) bond motifs is 2. The summed E-state index contributed by atoms with van der Waals surface area (Å²) < 4.78 is 41.9. The maximum atomic E-state index is 13.6. The number of methoxy groups -OCH3 is 1. The van der Waals surface area contributed by atoms with E-state index in [2.05, 4.69) is 4.98 Å². The van der Waals surface area contributed by atoms with Gasteiger partial charge in [0.1, 0.15) is 33.4 Å². The number of hydrogen-bond donors (Lipinski definition) is 1. The second-order valence-corrected chi connectivity index (χ2v) is 11.6. The Hall–Kier alpha value is -4.15. The fraction of sp³-hybridized carbons (Fsp3) is 0.241. The van der Waals surface area contributed by atoms with Crippen molar-refractivity contribution in [2.75, 3.05) is 20.2 Å². The first-order chi connectivity index (χ1) is 18.8. The number of phenolic OH excluding ortho intramolecular Hbond substituents is 1. The van der Waals surface area contributed by atoms with Crippen molar-refractivity contribution in [1.29, 1.82) is 0 Å². The molecule has 9 nitrogen and oxygen atoms in total.